The van der Waals surface area contributed by atoms with Crippen molar-refractivity contribution in [1.82, 2.24) is 5.32 Å². The van der Waals surface area contributed by atoms with Gasteiger partial charge in [-0.2, -0.15) is 0 Å². The van der Waals surface area contributed by atoms with Gasteiger partial charge in [-0.25, -0.2) is 0 Å². The Labute approximate surface area is 99.0 Å². The van der Waals surface area contributed by atoms with Gasteiger partial charge in [0.1, 0.15) is 0 Å². The molecule has 1 aromatic heterocycles. The average molecular weight is 276 g/mol. The van der Waals surface area contributed by atoms with Gasteiger partial charge in [-0.1, -0.05) is 6.92 Å². The number of thiophene rings is 1. The molecule has 0 radical (unpaired) electrons. The lowest BCUT2D eigenvalue weighted by Gasteiger charge is -2.10. The number of hydrogen-bond acceptors (Lipinski definition) is 2. The third kappa shape index (κ3) is 4.58. The van der Waals surface area contributed by atoms with E-state index in [1.165, 1.54) is 28.6 Å². The molecule has 3 heteroatoms. The molecule has 0 saturated heterocycles. The first-order valence-electron chi connectivity index (χ1n) is 5.18. The Morgan fingerprint density at radius 1 is 1.57 bits per heavy atom. The maximum atomic E-state index is 3.48. The van der Waals surface area contributed by atoms with E-state index in [0.717, 1.165) is 6.54 Å². The topological polar surface area (TPSA) is 12.0 Å². The van der Waals surface area contributed by atoms with E-state index in [1.807, 2.05) is 11.3 Å². The Hall–Kier alpha value is 0.140. The predicted molar refractivity (Wildman–Crippen MR) is 68.1 cm³/mol. The molecule has 0 aliphatic heterocycles. The third-order valence-electron chi connectivity index (χ3n) is 2.23. The first-order chi connectivity index (χ1) is 6.72. The van der Waals surface area contributed by atoms with Crippen LogP contribution in [0.5, 0.6) is 0 Å². The van der Waals surface area contributed by atoms with Gasteiger partial charge in [0.25, 0.3) is 0 Å². The van der Waals surface area contributed by atoms with E-state index >= 15 is 0 Å². The maximum Gasteiger partial charge on any atom is 0.0285 e. The molecule has 1 heterocycles. The molecule has 0 aliphatic carbocycles. The summed E-state index contributed by atoms with van der Waals surface area (Å²) in [5, 5.41) is 5.59. The number of halogens is 1. The van der Waals surface area contributed by atoms with Gasteiger partial charge >= 0.3 is 0 Å². The van der Waals surface area contributed by atoms with Crippen LogP contribution < -0.4 is 5.32 Å². The first kappa shape index (κ1) is 12.2. The molecule has 14 heavy (non-hydrogen) atoms. The second-order valence-electron chi connectivity index (χ2n) is 3.58. The van der Waals surface area contributed by atoms with E-state index < -0.39 is 0 Å². The largest absolute Gasteiger partial charge is 0.315 e. The van der Waals surface area contributed by atoms with E-state index in [1.54, 1.807) is 0 Å². The molecule has 1 rings (SSSR count). The van der Waals surface area contributed by atoms with Crippen LogP contribution >= 0.6 is 27.3 Å². The highest BCUT2D eigenvalue weighted by atomic mass is 79.9. The molecule has 1 atom stereocenters. The predicted octanol–water partition coefficient (Wildman–Crippen LogP) is 3.83. The molecule has 1 unspecified atom stereocenters. The molecular formula is C11H18BrNS. The fourth-order valence-electron chi connectivity index (χ4n) is 1.52. The molecular weight excluding hydrogens is 258 g/mol. The smallest absolute Gasteiger partial charge is 0.0285 e. The summed E-state index contributed by atoms with van der Waals surface area (Å²) in [5.74, 6) is 0. The highest BCUT2D eigenvalue weighted by molar-refractivity contribution is 9.10. The summed E-state index contributed by atoms with van der Waals surface area (Å²) in [6.07, 6.45) is 3.76. The van der Waals surface area contributed by atoms with Gasteiger partial charge in [0.15, 0.2) is 0 Å². The van der Waals surface area contributed by atoms with Crippen LogP contribution in [0.25, 0.3) is 0 Å². The van der Waals surface area contributed by atoms with Crippen molar-refractivity contribution >= 4 is 27.3 Å². The van der Waals surface area contributed by atoms with E-state index in [9.17, 15) is 0 Å². The van der Waals surface area contributed by atoms with Crippen molar-refractivity contribution in [3.05, 3.63) is 20.8 Å². The quantitative estimate of drug-likeness (QED) is 0.832. The summed E-state index contributed by atoms with van der Waals surface area (Å²) in [7, 11) is 0. The zero-order valence-corrected chi connectivity index (χ0v) is 11.2. The molecule has 0 aromatic carbocycles. The van der Waals surface area contributed by atoms with E-state index in [0.29, 0.717) is 6.04 Å². The van der Waals surface area contributed by atoms with Crippen molar-refractivity contribution in [3.8, 4) is 0 Å². The van der Waals surface area contributed by atoms with Crippen LogP contribution in [-0.4, -0.2) is 12.6 Å². The van der Waals surface area contributed by atoms with Crippen LogP contribution in [0.15, 0.2) is 15.9 Å². The van der Waals surface area contributed by atoms with E-state index in [2.05, 4.69) is 46.5 Å². The Morgan fingerprint density at radius 3 is 2.93 bits per heavy atom. The maximum absolute atomic E-state index is 3.48. The normalized spacial score (nSPS) is 13.1. The lowest BCUT2D eigenvalue weighted by Crippen LogP contribution is -2.25. The monoisotopic (exact) mass is 275 g/mol. The average Bonchev–Trinajstić information content (AvgIpc) is 2.52. The summed E-state index contributed by atoms with van der Waals surface area (Å²) >= 11 is 5.32. The molecule has 0 spiro atoms. The van der Waals surface area contributed by atoms with Crippen molar-refractivity contribution in [2.24, 2.45) is 0 Å². The summed E-state index contributed by atoms with van der Waals surface area (Å²) in [5.41, 5.74) is 0. The lowest BCUT2D eigenvalue weighted by molar-refractivity contribution is 0.513. The molecule has 80 valence electrons. The third-order valence-corrected chi connectivity index (χ3v) is 3.99. The minimum Gasteiger partial charge on any atom is -0.315 e. The number of rotatable bonds is 6. The van der Waals surface area contributed by atoms with Gasteiger partial charge in [-0.15, -0.1) is 11.3 Å². The second kappa shape index (κ2) is 6.59. The van der Waals surface area contributed by atoms with Gasteiger partial charge in [-0.05, 0) is 54.7 Å². The van der Waals surface area contributed by atoms with Crippen molar-refractivity contribution < 1.29 is 0 Å². The standard InChI is InChI=1S/C11H18BrNS/c1-3-13-9(2)5-4-6-11-7-10(12)8-14-11/h7-9,13H,3-6H2,1-2H3. The molecule has 1 N–H and O–H groups in total. The number of hydrogen-bond donors (Lipinski definition) is 1. The van der Waals surface area contributed by atoms with Crippen LogP contribution in [-0.2, 0) is 6.42 Å². The van der Waals surface area contributed by atoms with Crippen LogP contribution in [0.1, 0.15) is 31.6 Å². The SMILES string of the molecule is CCNC(C)CCCc1cc(Br)cs1. The van der Waals surface area contributed by atoms with Crippen molar-refractivity contribution in [1.29, 1.82) is 0 Å². The van der Waals surface area contributed by atoms with Gasteiger partial charge in [0.2, 0.25) is 0 Å². The van der Waals surface area contributed by atoms with Gasteiger partial charge in [0.05, 0.1) is 0 Å². The minimum atomic E-state index is 0.656. The summed E-state index contributed by atoms with van der Waals surface area (Å²) < 4.78 is 1.22. The lowest BCUT2D eigenvalue weighted by atomic mass is 10.1. The molecule has 1 nitrogen and oxygen atoms in total. The molecule has 0 bridgehead atoms. The highest BCUT2D eigenvalue weighted by Gasteiger charge is 2.01. The molecule has 1 aromatic rings. The van der Waals surface area contributed by atoms with E-state index in [-0.39, 0.29) is 0 Å². The number of aryl methyl sites for hydroxylation is 1. The van der Waals surface area contributed by atoms with Gasteiger partial charge in [0, 0.05) is 20.8 Å². The highest BCUT2D eigenvalue weighted by Crippen LogP contribution is 2.21. The Kier molecular flexibility index (Phi) is 5.75. The summed E-state index contributed by atoms with van der Waals surface area (Å²) in [4.78, 5) is 1.49. The molecule has 0 amide bonds. The first-order valence-corrected chi connectivity index (χ1v) is 6.86. The van der Waals surface area contributed by atoms with Crippen molar-refractivity contribution in [3.63, 3.8) is 0 Å². The van der Waals surface area contributed by atoms with Crippen LogP contribution in [0.3, 0.4) is 0 Å². The molecule has 0 fully saturated rings. The van der Waals surface area contributed by atoms with Crippen LogP contribution in [0.4, 0.5) is 0 Å². The van der Waals surface area contributed by atoms with Gasteiger partial charge < -0.3 is 5.32 Å². The second-order valence-corrected chi connectivity index (χ2v) is 5.49. The Morgan fingerprint density at radius 2 is 2.36 bits per heavy atom. The molecule has 0 saturated carbocycles. The Balaban J connectivity index is 2.15. The summed E-state index contributed by atoms with van der Waals surface area (Å²) in [6.45, 7) is 5.49. The Bertz CT molecular complexity index is 260. The summed E-state index contributed by atoms with van der Waals surface area (Å²) in [6, 6.07) is 2.88. The van der Waals surface area contributed by atoms with Crippen LogP contribution in [0.2, 0.25) is 0 Å². The fourth-order valence-corrected chi connectivity index (χ4v) is 3.02. The minimum absolute atomic E-state index is 0.656. The number of nitrogens with one attached hydrogen (secondary N) is 1. The van der Waals surface area contributed by atoms with E-state index in [4.69, 9.17) is 0 Å². The fraction of sp³-hybridized carbons (Fsp3) is 0.636. The van der Waals surface area contributed by atoms with Crippen molar-refractivity contribution in [2.75, 3.05) is 6.54 Å². The zero-order chi connectivity index (χ0) is 10.4. The molecule has 0 aliphatic rings. The zero-order valence-electron chi connectivity index (χ0n) is 8.85. The van der Waals surface area contributed by atoms with Crippen molar-refractivity contribution in [2.45, 2.75) is 39.2 Å². The van der Waals surface area contributed by atoms with Gasteiger partial charge in [-0.3, -0.25) is 0 Å². The van der Waals surface area contributed by atoms with Crippen LogP contribution in [0, 0.1) is 0 Å².